The van der Waals surface area contributed by atoms with Crippen LogP contribution >= 0.6 is 0 Å². The first-order chi connectivity index (χ1) is 19.2. The molecule has 0 heterocycles. The van der Waals surface area contributed by atoms with Gasteiger partial charge in [-0.25, -0.2) is 0 Å². The Kier molecular flexibility index (Phi) is 26.0. The smallest absolute Gasteiger partial charge is 0.306 e. The van der Waals surface area contributed by atoms with Crippen molar-refractivity contribution in [2.24, 2.45) is 0 Å². The molecule has 0 radical (unpaired) electrons. The summed E-state index contributed by atoms with van der Waals surface area (Å²) in [5, 5.41) is 8.75. The van der Waals surface area contributed by atoms with E-state index in [4.69, 9.17) is 14.6 Å². The van der Waals surface area contributed by atoms with Gasteiger partial charge in [-0.05, 0) is 91.4 Å². The number of esters is 2. The number of carboxylic acid groups (broad SMARTS) is 1. The fourth-order valence-corrected chi connectivity index (χ4v) is 4.68. The zero-order valence-electron chi connectivity index (χ0n) is 26.3. The van der Waals surface area contributed by atoms with Crippen molar-refractivity contribution in [3.05, 3.63) is 12.2 Å². The third-order valence-electron chi connectivity index (χ3n) is 7.06. The number of rotatable bonds is 28. The molecule has 7 nitrogen and oxygen atoms in total. The molecule has 0 aromatic carbocycles. The zero-order valence-corrected chi connectivity index (χ0v) is 26.3. The monoisotopic (exact) mass is 567 g/mol. The lowest BCUT2D eigenvalue weighted by Crippen LogP contribution is -2.20. The Morgan fingerprint density at radius 3 is 1.82 bits per heavy atom. The second-order valence-corrected chi connectivity index (χ2v) is 11.5. The molecule has 0 aromatic rings. The molecule has 0 saturated heterocycles. The summed E-state index contributed by atoms with van der Waals surface area (Å²) >= 11 is 0. The largest absolute Gasteiger partial charge is 0.481 e. The number of aliphatic carboxylic acids is 1. The lowest BCUT2D eigenvalue weighted by atomic mass is 10.0. The number of carbonyl (C=O) groups excluding carboxylic acids is 2. The minimum Gasteiger partial charge on any atom is -0.481 e. The van der Waals surface area contributed by atoms with Crippen molar-refractivity contribution < 1.29 is 29.0 Å². The Balaban J connectivity index is 4.13. The van der Waals surface area contributed by atoms with Gasteiger partial charge in [0.15, 0.2) is 0 Å². The van der Waals surface area contributed by atoms with Crippen LogP contribution in [0.3, 0.4) is 0 Å². The summed E-state index contributed by atoms with van der Waals surface area (Å²) in [4.78, 5) is 37.2. The molecular formula is C33H61NO6. The van der Waals surface area contributed by atoms with Crippen molar-refractivity contribution in [3.8, 4) is 0 Å². The summed E-state index contributed by atoms with van der Waals surface area (Å²) < 4.78 is 11.3. The number of hydrogen-bond donors (Lipinski definition) is 1. The van der Waals surface area contributed by atoms with E-state index < -0.39 is 5.97 Å². The van der Waals surface area contributed by atoms with Crippen LogP contribution in [0.2, 0.25) is 0 Å². The maximum atomic E-state index is 12.4. The Morgan fingerprint density at radius 1 is 0.700 bits per heavy atom. The summed E-state index contributed by atoms with van der Waals surface area (Å²) in [6.07, 6.45) is 23.4. The minimum absolute atomic E-state index is 0.0398. The van der Waals surface area contributed by atoms with E-state index in [9.17, 15) is 14.4 Å². The molecule has 0 aliphatic heterocycles. The van der Waals surface area contributed by atoms with E-state index in [0.717, 1.165) is 96.4 Å². The van der Waals surface area contributed by atoms with Crippen molar-refractivity contribution in [1.82, 2.24) is 4.90 Å². The highest BCUT2D eigenvalue weighted by Crippen LogP contribution is 2.18. The molecular weight excluding hydrogens is 506 g/mol. The number of nitrogens with zero attached hydrogens (tertiary/aromatic N) is 1. The molecule has 2 atom stereocenters. The van der Waals surface area contributed by atoms with Gasteiger partial charge in [-0.15, -0.1) is 0 Å². The van der Waals surface area contributed by atoms with E-state index in [2.05, 4.69) is 17.9 Å². The summed E-state index contributed by atoms with van der Waals surface area (Å²) in [7, 11) is 4.01. The number of unbranched alkanes of at least 4 members (excludes halogenated alkanes) is 12. The first-order valence-corrected chi connectivity index (χ1v) is 16.2. The molecule has 7 heteroatoms. The van der Waals surface area contributed by atoms with Gasteiger partial charge in [0, 0.05) is 19.3 Å². The van der Waals surface area contributed by atoms with Crippen LogP contribution in [0.15, 0.2) is 12.2 Å². The summed E-state index contributed by atoms with van der Waals surface area (Å²) in [6.45, 7) is 5.01. The SMILES string of the molecule is CCCCCCC=CC(C)OC(=O)CCCCCCCC(CCCCCCCC(=O)O)OC(=O)CCCN(C)C. The standard InChI is InChI=1S/C33H61NO6/c1-5-6-7-8-11-16-22-29(2)39-32(37)26-20-15-10-13-18-24-30(40-33(38)27-21-28-34(3)4)23-17-12-9-14-19-25-31(35)36/h16,22,29-30H,5-15,17-21,23-28H2,1-4H3,(H,35,36). The van der Waals surface area contributed by atoms with Gasteiger partial charge >= 0.3 is 17.9 Å². The van der Waals surface area contributed by atoms with Crippen LogP contribution in [0, 0.1) is 0 Å². The zero-order chi connectivity index (χ0) is 29.8. The third-order valence-corrected chi connectivity index (χ3v) is 7.06. The van der Waals surface area contributed by atoms with E-state index in [1.807, 2.05) is 27.1 Å². The quantitative estimate of drug-likeness (QED) is 0.0578. The Labute approximate surface area is 245 Å². The topological polar surface area (TPSA) is 93.1 Å². The van der Waals surface area contributed by atoms with E-state index in [0.29, 0.717) is 12.8 Å². The number of hydrogen-bond acceptors (Lipinski definition) is 6. The average Bonchev–Trinajstić information content (AvgIpc) is 2.88. The molecule has 0 amide bonds. The van der Waals surface area contributed by atoms with Gasteiger partial charge in [0.05, 0.1) is 0 Å². The van der Waals surface area contributed by atoms with Crippen LogP contribution in [0.5, 0.6) is 0 Å². The molecule has 0 aliphatic carbocycles. The highest BCUT2D eigenvalue weighted by atomic mass is 16.5. The molecule has 0 aromatic heterocycles. The van der Waals surface area contributed by atoms with Crippen LogP contribution in [-0.4, -0.2) is 60.8 Å². The molecule has 0 fully saturated rings. The first kappa shape index (κ1) is 38.1. The fraction of sp³-hybridized carbons (Fsp3) is 0.848. The lowest BCUT2D eigenvalue weighted by molar-refractivity contribution is -0.150. The van der Waals surface area contributed by atoms with E-state index in [-0.39, 0.29) is 30.6 Å². The molecule has 234 valence electrons. The number of allylic oxidation sites excluding steroid dienone is 1. The van der Waals surface area contributed by atoms with Gasteiger partial charge in [-0.1, -0.05) is 70.8 Å². The van der Waals surface area contributed by atoms with Gasteiger partial charge in [-0.3, -0.25) is 14.4 Å². The third kappa shape index (κ3) is 27.7. The molecule has 0 spiro atoms. The van der Waals surface area contributed by atoms with Crippen LogP contribution in [0.4, 0.5) is 0 Å². The van der Waals surface area contributed by atoms with Gasteiger partial charge in [-0.2, -0.15) is 0 Å². The van der Waals surface area contributed by atoms with Crippen molar-refractivity contribution in [1.29, 1.82) is 0 Å². The van der Waals surface area contributed by atoms with Gasteiger partial charge in [0.25, 0.3) is 0 Å². The van der Waals surface area contributed by atoms with E-state index in [1.54, 1.807) is 0 Å². The van der Waals surface area contributed by atoms with Gasteiger partial charge < -0.3 is 19.5 Å². The molecule has 0 saturated carbocycles. The molecule has 40 heavy (non-hydrogen) atoms. The Morgan fingerprint density at radius 2 is 1.23 bits per heavy atom. The fourth-order valence-electron chi connectivity index (χ4n) is 4.68. The minimum atomic E-state index is -0.730. The molecule has 0 aliphatic rings. The van der Waals surface area contributed by atoms with Crippen molar-refractivity contribution in [2.45, 2.75) is 161 Å². The van der Waals surface area contributed by atoms with Crippen molar-refractivity contribution in [2.75, 3.05) is 20.6 Å². The van der Waals surface area contributed by atoms with Crippen LogP contribution < -0.4 is 0 Å². The van der Waals surface area contributed by atoms with Gasteiger partial charge in [0.1, 0.15) is 12.2 Å². The van der Waals surface area contributed by atoms with Crippen LogP contribution in [-0.2, 0) is 23.9 Å². The second-order valence-electron chi connectivity index (χ2n) is 11.5. The maximum absolute atomic E-state index is 12.4. The molecule has 2 unspecified atom stereocenters. The Hall–Kier alpha value is -1.89. The first-order valence-electron chi connectivity index (χ1n) is 16.2. The predicted octanol–water partition coefficient (Wildman–Crippen LogP) is 8.24. The number of ether oxygens (including phenoxy) is 2. The highest BCUT2D eigenvalue weighted by molar-refractivity contribution is 5.70. The van der Waals surface area contributed by atoms with Gasteiger partial charge in [0.2, 0.25) is 0 Å². The summed E-state index contributed by atoms with van der Waals surface area (Å²) in [5.74, 6) is -0.952. The average molecular weight is 568 g/mol. The molecule has 0 bridgehead atoms. The molecule has 1 N–H and O–H groups in total. The normalized spacial score (nSPS) is 13.0. The summed E-state index contributed by atoms with van der Waals surface area (Å²) in [6, 6.07) is 0. The highest BCUT2D eigenvalue weighted by Gasteiger charge is 2.14. The van der Waals surface area contributed by atoms with E-state index in [1.165, 1.54) is 25.7 Å². The van der Waals surface area contributed by atoms with Crippen molar-refractivity contribution in [3.63, 3.8) is 0 Å². The maximum Gasteiger partial charge on any atom is 0.306 e. The summed E-state index contributed by atoms with van der Waals surface area (Å²) in [5.41, 5.74) is 0. The van der Waals surface area contributed by atoms with E-state index >= 15 is 0 Å². The van der Waals surface area contributed by atoms with Crippen LogP contribution in [0.1, 0.15) is 149 Å². The number of carboxylic acids is 1. The molecule has 0 rings (SSSR count). The van der Waals surface area contributed by atoms with Crippen LogP contribution in [0.25, 0.3) is 0 Å². The lowest BCUT2D eigenvalue weighted by Gasteiger charge is -2.18. The Bertz CT molecular complexity index is 663. The predicted molar refractivity (Wildman–Crippen MR) is 163 cm³/mol. The number of carbonyl (C=O) groups is 3. The van der Waals surface area contributed by atoms with Crippen molar-refractivity contribution >= 4 is 17.9 Å². The second kappa shape index (κ2) is 27.3.